The van der Waals surface area contributed by atoms with Crippen molar-refractivity contribution in [2.75, 3.05) is 6.61 Å². The molecule has 1 aliphatic rings. The molecule has 0 aromatic heterocycles. The van der Waals surface area contributed by atoms with Gasteiger partial charge in [-0.15, -0.1) is 0 Å². The van der Waals surface area contributed by atoms with Crippen molar-refractivity contribution in [1.82, 2.24) is 0 Å². The standard InChI is InChI=1S/C21H21F5O2S/c22-16-3-6-19(23)18(13-16)20(10-7-14(8-11-20)9-12-27)29(28)17-4-1-15(2-5-17)21(24,25)26/h1-6,13-14,27H,7-12H2. The predicted molar refractivity (Wildman–Crippen MR) is 99.5 cm³/mol. The summed E-state index contributed by atoms with van der Waals surface area (Å²) in [5.74, 6) is -1.18. The molecule has 2 aromatic rings. The van der Waals surface area contributed by atoms with Gasteiger partial charge in [0.25, 0.3) is 0 Å². The summed E-state index contributed by atoms with van der Waals surface area (Å²) < 4.78 is 79.3. The van der Waals surface area contributed by atoms with Crippen LogP contribution in [0.5, 0.6) is 0 Å². The van der Waals surface area contributed by atoms with Crippen LogP contribution in [0.15, 0.2) is 47.4 Å². The maximum atomic E-state index is 14.7. The highest BCUT2D eigenvalue weighted by Gasteiger charge is 2.44. The number of rotatable bonds is 5. The molecular weight excluding hydrogens is 411 g/mol. The van der Waals surface area contributed by atoms with Crippen molar-refractivity contribution in [1.29, 1.82) is 0 Å². The first kappa shape index (κ1) is 21.9. The molecular formula is C21H21F5O2S. The van der Waals surface area contributed by atoms with E-state index in [1.165, 1.54) is 0 Å². The molecule has 1 fully saturated rings. The van der Waals surface area contributed by atoms with Crippen molar-refractivity contribution >= 4 is 10.8 Å². The van der Waals surface area contributed by atoms with Crippen molar-refractivity contribution in [2.45, 2.75) is 47.9 Å². The Labute approximate surface area is 168 Å². The SMILES string of the molecule is O=S(c1ccc(C(F)(F)F)cc1)C1(c2cc(F)ccc2F)CCC(CCO)CC1. The molecule has 158 valence electrons. The first-order valence-electron chi connectivity index (χ1n) is 9.33. The van der Waals surface area contributed by atoms with Crippen LogP contribution >= 0.6 is 0 Å². The molecule has 1 aliphatic carbocycles. The molecule has 29 heavy (non-hydrogen) atoms. The van der Waals surface area contributed by atoms with E-state index in [1.807, 2.05) is 0 Å². The minimum Gasteiger partial charge on any atom is -0.396 e. The van der Waals surface area contributed by atoms with Crippen LogP contribution in [-0.4, -0.2) is 15.9 Å². The van der Waals surface area contributed by atoms with E-state index in [-0.39, 0.29) is 35.8 Å². The molecule has 0 heterocycles. The lowest BCUT2D eigenvalue weighted by Crippen LogP contribution is -2.37. The fourth-order valence-electron chi connectivity index (χ4n) is 4.01. The molecule has 0 spiro atoms. The Morgan fingerprint density at radius 3 is 2.21 bits per heavy atom. The minimum atomic E-state index is -4.52. The third-order valence-electron chi connectivity index (χ3n) is 5.62. The van der Waals surface area contributed by atoms with Gasteiger partial charge in [-0.2, -0.15) is 13.2 Å². The van der Waals surface area contributed by atoms with Gasteiger partial charge >= 0.3 is 6.18 Å². The topological polar surface area (TPSA) is 37.3 Å². The van der Waals surface area contributed by atoms with E-state index < -0.39 is 38.9 Å². The lowest BCUT2D eigenvalue weighted by molar-refractivity contribution is -0.137. The summed E-state index contributed by atoms with van der Waals surface area (Å²) in [4.78, 5) is 0.141. The highest BCUT2D eigenvalue weighted by molar-refractivity contribution is 7.86. The lowest BCUT2D eigenvalue weighted by Gasteiger charge is -2.40. The van der Waals surface area contributed by atoms with Crippen LogP contribution in [0.25, 0.3) is 0 Å². The molecule has 0 aliphatic heterocycles. The zero-order valence-electron chi connectivity index (χ0n) is 15.5. The van der Waals surface area contributed by atoms with Crippen molar-refractivity contribution < 1.29 is 31.3 Å². The molecule has 0 amide bonds. The first-order chi connectivity index (χ1) is 13.7. The largest absolute Gasteiger partial charge is 0.416 e. The molecule has 1 N–H and O–H groups in total. The number of aliphatic hydroxyl groups excluding tert-OH is 1. The zero-order chi connectivity index (χ0) is 21.2. The summed E-state index contributed by atoms with van der Waals surface area (Å²) in [5.41, 5.74) is -0.880. The van der Waals surface area contributed by atoms with Gasteiger partial charge in [0.05, 0.1) is 21.1 Å². The normalized spacial score (nSPS) is 23.7. The molecule has 2 nitrogen and oxygen atoms in total. The van der Waals surface area contributed by atoms with Crippen molar-refractivity contribution in [3.63, 3.8) is 0 Å². The quantitative estimate of drug-likeness (QED) is 0.628. The van der Waals surface area contributed by atoms with Gasteiger partial charge < -0.3 is 5.11 Å². The third-order valence-corrected chi connectivity index (χ3v) is 7.66. The molecule has 0 bridgehead atoms. The Balaban J connectivity index is 2.02. The van der Waals surface area contributed by atoms with Gasteiger partial charge in [-0.3, -0.25) is 4.21 Å². The van der Waals surface area contributed by atoms with Crippen LogP contribution in [0.1, 0.15) is 43.2 Å². The molecule has 3 rings (SSSR count). The molecule has 1 atom stereocenters. The molecule has 0 radical (unpaired) electrons. The molecule has 1 unspecified atom stereocenters. The zero-order valence-corrected chi connectivity index (χ0v) is 16.3. The highest BCUT2D eigenvalue weighted by Crippen LogP contribution is 2.48. The second kappa shape index (κ2) is 8.52. The Hall–Kier alpha value is -1.80. The first-order valence-corrected chi connectivity index (χ1v) is 10.5. The molecule has 8 heteroatoms. The van der Waals surface area contributed by atoms with E-state index in [9.17, 15) is 26.2 Å². The van der Waals surface area contributed by atoms with Crippen molar-refractivity contribution in [3.8, 4) is 0 Å². The summed E-state index contributed by atoms with van der Waals surface area (Å²) in [6, 6.07) is 6.96. The second-order valence-electron chi connectivity index (χ2n) is 7.36. The molecule has 0 saturated heterocycles. The predicted octanol–water partition coefficient (Wildman–Crippen LogP) is 5.56. The second-order valence-corrected chi connectivity index (χ2v) is 9.16. The van der Waals surface area contributed by atoms with Crippen LogP contribution in [-0.2, 0) is 21.7 Å². The average Bonchev–Trinajstić information content (AvgIpc) is 2.70. The monoisotopic (exact) mass is 432 g/mol. The Bertz CT molecular complexity index is 872. The van der Waals surface area contributed by atoms with E-state index in [0.717, 1.165) is 42.5 Å². The Morgan fingerprint density at radius 2 is 1.66 bits per heavy atom. The summed E-state index contributed by atoms with van der Waals surface area (Å²) in [6.07, 6.45) is -2.27. The number of aliphatic hydroxyl groups is 1. The van der Waals surface area contributed by atoms with Gasteiger partial charge in [0, 0.05) is 17.1 Å². The van der Waals surface area contributed by atoms with Crippen molar-refractivity contribution in [2.24, 2.45) is 5.92 Å². The van der Waals surface area contributed by atoms with Crippen LogP contribution in [0.4, 0.5) is 22.0 Å². The lowest BCUT2D eigenvalue weighted by atomic mass is 9.76. The number of alkyl halides is 3. The van der Waals surface area contributed by atoms with Gasteiger partial charge in [-0.05, 0) is 80.5 Å². The summed E-state index contributed by atoms with van der Waals surface area (Å²) >= 11 is 0. The fraction of sp³-hybridized carbons (Fsp3) is 0.429. The maximum Gasteiger partial charge on any atom is 0.416 e. The number of halogens is 5. The maximum absolute atomic E-state index is 14.7. The molecule has 1 saturated carbocycles. The van der Waals surface area contributed by atoms with E-state index in [0.29, 0.717) is 19.3 Å². The number of hydrogen-bond acceptors (Lipinski definition) is 2. The van der Waals surface area contributed by atoms with Gasteiger partial charge in [0.1, 0.15) is 11.6 Å². The van der Waals surface area contributed by atoms with Crippen LogP contribution in [0, 0.1) is 17.6 Å². The van der Waals surface area contributed by atoms with E-state index >= 15 is 0 Å². The van der Waals surface area contributed by atoms with Gasteiger partial charge in [0.15, 0.2) is 0 Å². The van der Waals surface area contributed by atoms with E-state index in [1.54, 1.807) is 0 Å². The highest BCUT2D eigenvalue weighted by atomic mass is 32.2. The van der Waals surface area contributed by atoms with E-state index in [4.69, 9.17) is 5.11 Å². The van der Waals surface area contributed by atoms with E-state index in [2.05, 4.69) is 0 Å². The minimum absolute atomic E-state index is 0.00792. The van der Waals surface area contributed by atoms with Crippen LogP contribution < -0.4 is 0 Å². The third kappa shape index (κ3) is 4.53. The van der Waals surface area contributed by atoms with Crippen LogP contribution in [0.3, 0.4) is 0 Å². The summed E-state index contributed by atoms with van der Waals surface area (Å²) in [5, 5.41) is 9.16. The average molecular weight is 432 g/mol. The molecule has 2 aromatic carbocycles. The van der Waals surface area contributed by atoms with Gasteiger partial charge in [-0.1, -0.05) is 0 Å². The number of hydrogen-bond donors (Lipinski definition) is 1. The van der Waals surface area contributed by atoms with Gasteiger partial charge in [0.2, 0.25) is 0 Å². The summed E-state index contributed by atoms with van der Waals surface area (Å²) in [7, 11) is -1.89. The number of benzene rings is 2. The Kier molecular flexibility index (Phi) is 6.43. The van der Waals surface area contributed by atoms with Gasteiger partial charge in [-0.25, -0.2) is 8.78 Å². The summed E-state index contributed by atoms with van der Waals surface area (Å²) in [6.45, 7) is 0.00792. The fourth-order valence-corrected chi connectivity index (χ4v) is 5.81. The van der Waals surface area contributed by atoms with Crippen LogP contribution in [0.2, 0.25) is 0 Å². The Morgan fingerprint density at radius 1 is 1.03 bits per heavy atom. The smallest absolute Gasteiger partial charge is 0.396 e. The van der Waals surface area contributed by atoms with Crippen molar-refractivity contribution in [3.05, 3.63) is 65.2 Å².